The van der Waals surface area contributed by atoms with Crippen LogP contribution in [0.15, 0.2) is 77.7 Å². The number of aryl methyl sites for hydroxylation is 1. The molecule has 3 aromatic carbocycles. The molecule has 0 radical (unpaired) electrons. The summed E-state index contributed by atoms with van der Waals surface area (Å²) in [4.78, 5) is 28.4. The van der Waals surface area contributed by atoms with Crippen LogP contribution in [0.2, 0.25) is 10.0 Å². The minimum absolute atomic E-state index is 0.0275. The van der Waals surface area contributed by atoms with Crippen LogP contribution in [0.4, 0.5) is 5.69 Å². The largest absolute Gasteiger partial charge is 0.354 e. The topological polar surface area (TPSA) is 86.8 Å². The van der Waals surface area contributed by atoms with Gasteiger partial charge < -0.3 is 10.2 Å². The number of carbonyl (C=O) groups is 2. The number of hydrogen-bond acceptors (Lipinski definition) is 4. The molecular weight excluding hydrogens is 557 g/mol. The Balaban J connectivity index is 2.03. The second-order valence-electron chi connectivity index (χ2n) is 9.19. The molecule has 0 saturated heterocycles. The Morgan fingerprint density at radius 1 is 0.974 bits per heavy atom. The Hall–Kier alpha value is -3.07. The summed E-state index contributed by atoms with van der Waals surface area (Å²) in [5, 5.41) is 3.75. The van der Waals surface area contributed by atoms with E-state index < -0.39 is 28.5 Å². The van der Waals surface area contributed by atoms with Crippen molar-refractivity contribution in [1.82, 2.24) is 10.2 Å². The molecule has 0 heterocycles. The Morgan fingerprint density at radius 2 is 1.64 bits per heavy atom. The molecule has 10 heteroatoms. The van der Waals surface area contributed by atoms with E-state index in [2.05, 4.69) is 5.32 Å². The van der Waals surface area contributed by atoms with Gasteiger partial charge in [-0.1, -0.05) is 72.9 Å². The molecular formula is C29H33Cl2N3O4S. The minimum Gasteiger partial charge on any atom is -0.354 e. The van der Waals surface area contributed by atoms with E-state index in [1.807, 2.05) is 6.92 Å². The van der Waals surface area contributed by atoms with E-state index in [0.717, 1.165) is 17.1 Å². The van der Waals surface area contributed by atoms with Crippen molar-refractivity contribution in [1.29, 1.82) is 0 Å². The lowest BCUT2D eigenvalue weighted by Gasteiger charge is -2.32. The third-order valence-electron chi connectivity index (χ3n) is 6.33. The maximum atomic E-state index is 13.9. The number of nitrogens with zero attached hydrogens (tertiary/aromatic N) is 2. The Kier molecular flexibility index (Phi) is 10.8. The van der Waals surface area contributed by atoms with Gasteiger partial charge in [0.1, 0.15) is 12.6 Å². The van der Waals surface area contributed by atoms with Gasteiger partial charge in [0.2, 0.25) is 11.8 Å². The van der Waals surface area contributed by atoms with Crippen LogP contribution in [-0.4, -0.2) is 44.3 Å². The van der Waals surface area contributed by atoms with Crippen LogP contribution in [0.1, 0.15) is 37.8 Å². The lowest BCUT2D eigenvalue weighted by molar-refractivity contribution is -0.139. The third kappa shape index (κ3) is 7.75. The molecule has 0 aliphatic heterocycles. The number of amides is 2. The molecule has 3 aromatic rings. The Bertz CT molecular complexity index is 1400. The summed E-state index contributed by atoms with van der Waals surface area (Å²) < 4.78 is 28.7. The molecule has 0 spiro atoms. The second-order valence-corrected chi connectivity index (χ2v) is 11.9. The van der Waals surface area contributed by atoms with Crippen molar-refractivity contribution in [3.8, 4) is 0 Å². The van der Waals surface area contributed by atoms with Gasteiger partial charge in [0, 0.05) is 23.1 Å². The van der Waals surface area contributed by atoms with E-state index >= 15 is 0 Å². The highest BCUT2D eigenvalue weighted by atomic mass is 35.5. The zero-order chi connectivity index (χ0) is 28.6. The van der Waals surface area contributed by atoms with Crippen molar-refractivity contribution >= 4 is 50.7 Å². The average Bonchev–Trinajstić information content (AvgIpc) is 2.91. The summed E-state index contributed by atoms with van der Waals surface area (Å²) in [7, 11) is -4.15. The average molecular weight is 591 g/mol. The van der Waals surface area contributed by atoms with E-state index in [9.17, 15) is 18.0 Å². The van der Waals surface area contributed by atoms with Gasteiger partial charge in [-0.3, -0.25) is 13.9 Å². The number of benzene rings is 3. The van der Waals surface area contributed by atoms with Crippen LogP contribution < -0.4 is 9.62 Å². The van der Waals surface area contributed by atoms with E-state index in [-0.39, 0.29) is 17.3 Å². The highest BCUT2D eigenvalue weighted by Crippen LogP contribution is 2.29. The fraction of sp³-hybridized carbons (Fsp3) is 0.310. The molecule has 0 fully saturated rings. The number of nitrogens with one attached hydrogen (secondary N) is 1. The SMILES string of the molecule is CCCCNC(=O)[C@H](C)N(Cc1ccccc1Cl)C(=O)CN(c1ccc(Cl)cc1C)S(=O)(=O)c1ccccc1. The molecule has 3 rings (SSSR count). The smallest absolute Gasteiger partial charge is 0.264 e. The summed E-state index contributed by atoms with van der Waals surface area (Å²) in [5.74, 6) is -0.883. The summed E-state index contributed by atoms with van der Waals surface area (Å²) >= 11 is 12.5. The second kappa shape index (κ2) is 13.8. The fourth-order valence-electron chi connectivity index (χ4n) is 4.06. The molecule has 208 valence electrons. The molecule has 7 nitrogen and oxygen atoms in total. The summed E-state index contributed by atoms with van der Waals surface area (Å²) in [5.41, 5.74) is 1.54. The molecule has 2 amide bonds. The van der Waals surface area contributed by atoms with Gasteiger partial charge in [0.05, 0.1) is 10.6 Å². The van der Waals surface area contributed by atoms with Gasteiger partial charge in [-0.25, -0.2) is 8.42 Å². The predicted octanol–water partition coefficient (Wildman–Crippen LogP) is 5.83. The number of rotatable bonds is 12. The van der Waals surface area contributed by atoms with E-state index in [4.69, 9.17) is 23.2 Å². The fourth-order valence-corrected chi connectivity index (χ4v) is 5.98. The number of carbonyl (C=O) groups excluding carboxylic acids is 2. The number of halogens is 2. The highest BCUT2D eigenvalue weighted by molar-refractivity contribution is 7.92. The van der Waals surface area contributed by atoms with Gasteiger partial charge in [-0.05, 0) is 67.8 Å². The molecule has 1 atom stereocenters. The first-order valence-corrected chi connectivity index (χ1v) is 14.9. The quantitative estimate of drug-likeness (QED) is 0.269. The summed E-state index contributed by atoms with van der Waals surface area (Å²) in [6.45, 7) is 5.34. The molecule has 0 aliphatic carbocycles. The van der Waals surface area contributed by atoms with Crippen molar-refractivity contribution in [3.63, 3.8) is 0 Å². The van der Waals surface area contributed by atoms with Crippen molar-refractivity contribution in [2.24, 2.45) is 0 Å². The van der Waals surface area contributed by atoms with Crippen LogP contribution in [0.25, 0.3) is 0 Å². The van der Waals surface area contributed by atoms with E-state index in [1.165, 1.54) is 17.0 Å². The maximum absolute atomic E-state index is 13.9. The van der Waals surface area contributed by atoms with Crippen LogP contribution >= 0.6 is 23.2 Å². The van der Waals surface area contributed by atoms with Crippen LogP contribution in [0, 0.1) is 6.92 Å². The van der Waals surface area contributed by atoms with Gasteiger partial charge in [-0.2, -0.15) is 0 Å². The lowest BCUT2D eigenvalue weighted by Crippen LogP contribution is -2.51. The van der Waals surface area contributed by atoms with Crippen molar-refractivity contribution in [3.05, 3.63) is 94.0 Å². The number of anilines is 1. The molecule has 0 bridgehead atoms. The molecule has 39 heavy (non-hydrogen) atoms. The predicted molar refractivity (Wildman–Crippen MR) is 157 cm³/mol. The summed E-state index contributed by atoms with van der Waals surface area (Å²) in [6.07, 6.45) is 1.71. The molecule has 1 N–H and O–H groups in total. The van der Waals surface area contributed by atoms with E-state index in [1.54, 1.807) is 74.5 Å². The number of unbranched alkanes of at least 4 members (excludes halogenated alkanes) is 1. The monoisotopic (exact) mass is 589 g/mol. The van der Waals surface area contributed by atoms with Gasteiger partial charge in [0.25, 0.3) is 10.0 Å². The minimum atomic E-state index is -4.15. The first kappa shape index (κ1) is 30.5. The zero-order valence-corrected chi connectivity index (χ0v) is 24.6. The Labute approximate surface area is 240 Å². The number of sulfonamides is 1. The van der Waals surface area contributed by atoms with E-state index in [0.29, 0.717) is 33.4 Å². The maximum Gasteiger partial charge on any atom is 0.264 e. The van der Waals surface area contributed by atoms with Crippen molar-refractivity contribution in [2.45, 2.75) is 51.1 Å². The molecule has 0 unspecified atom stereocenters. The first-order chi connectivity index (χ1) is 18.6. The third-order valence-corrected chi connectivity index (χ3v) is 8.71. The van der Waals surface area contributed by atoms with Crippen molar-refractivity contribution in [2.75, 3.05) is 17.4 Å². The van der Waals surface area contributed by atoms with Crippen LogP contribution in [-0.2, 0) is 26.2 Å². The lowest BCUT2D eigenvalue weighted by atomic mass is 10.1. The molecule has 0 aliphatic rings. The molecule has 0 saturated carbocycles. The van der Waals surface area contributed by atoms with Crippen LogP contribution in [0.5, 0.6) is 0 Å². The summed E-state index contributed by atoms with van der Waals surface area (Å²) in [6, 6.07) is 18.9. The first-order valence-electron chi connectivity index (χ1n) is 12.7. The highest BCUT2D eigenvalue weighted by Gasteiger charge is 2.33. The standard InChI is InChI=1S/C29H33Cl2N3O4S/c1-4-5-17-32-29(36)22(3)33(19-23-11-9-10-14-26(23)31)28(35)20-34(27-16-15-24(30)18-21(27)2)39(37,38)25-12-7-6-8-13-25/h6-16,18,22H,4-5,17,19-20H2,1-3H3,(H,32,36)/t22-/m0/s1. The van der Waals surface area contributed by atoms with Crippen molar-refractivity contribution < 1.29 is 18.0 Å². The van der Waals surface area contributed by atoms with Gasteiger partial charge >= 0.3 is 0 Å². The van der Waals surface area contributed by atoms with Gasteiger partial charge in [0.15, 0.2) is 0 Å². The molecule has 0 aromatic heterocycles. The van der Waals surface area contributed by atoms with Crippen LogP contribution in [0.3, 0.4) is 0 Å². The van der Waals surface area contributed by atoms with Gasteiger partial charge in [-0.15, -0.1) is 0 Å². The normalized spacial score (nSPS) is 12.0. The zero-order valence-electron chi connectivity index (χ0n) is 22.2. The Morgan fingerprint density at radius 3 is 2.28 bits per heavy atom. The number of hydrogen-bond donors (Lipinski definition) is 1.